The van der Waals surface area contributed by atoms with Gasteiger partial charge in [-0.3, -0.25) is 9.59 Å². The number of aryl methyl sites for hydroxylation is 1. The number of piperidine rings is 1. The van der Waals surface area contributed by atoms with Gasteiger partial charge in [-0.15, -0.1) is 0 Å². The summed E-state index contributed by atoms with van der Waals surface area (Å²) in [7, 11) is 0. The summed E-state index contributed by atoms with van der Waals surface area (Å²) in [5.74, 6) is 0.272. The fourth-order valence-corrected chi connectivity index (χ4v) is 3.39. The number of hydrogen-bond acceptors (Lipinski definition) is 2. The van der Waals surface area contributed by atoms with E-state index in [0.29, 0.717) is 18.0 Å². The average molecular weight is 331 g/mol. The van der Waals surface area contributed by atoms with Gasteiger partial charge in [0.1, 0.15) is 5.02 Å². The molecule has 1 N–H and O–H groups in total. The van der Waals surface area contributed by atoms with Crippen LogP contribution in [0.2, 0.25) is 5.02 Å². The van der Waals surface area contributed by atoms with E-state index in [1.807, 2.05) is 17.0 Å². The van der Waals surface area contributed by atoms with Gasteiger partial charge < -0.3 is 9.88 Å². The van der Waals surface area contributed by atoms with Gasteiger partial charge in [0.15, 0.2) is 0 Å². The van der Waals surface area contributed by atoms with E-state index in [0.717, 1.165) is 19.4 Å². The van der Waals surface area contributed by atoms with Crippen LogP contribution in [-0.2, 0) is 0 Å². The first-order chi connectivity index (χ1) is 11.1. The normalized spacial score (nSPS) is 18.0. The summed E-state index contributed by atoms with van der Waals surface area (Å²) in [6.45, 7) is 3.54. The van der Waals surface area contributed by atoms with Crippen LogP contribution in [0.25, 0.3) is 0 Å². The summed E-state index contributed by atoms with van der Waals surface area (Å²) in [5, 5.41) is 0.0447. The molecule has 2 heterocycles. The van der Waals surface area contributed by atoms with Crippen molar-refractivity contribution in [3.8, 4) is 0 Å². The Morgan fingerprint density at radius 1 is 1.35 bits per heavy atom. The maximum absolute atomic E-state index is 12.7. The van der Waals surface area contributed by atoms with Crippen molar-refractivity contribution in [1.29, 1.82) is 0 Å². The van der Waals surface area contributed by atoms with Gasteiger partial charge in [0, 0.05) is 25.2 Å². The highest BCUT2D eigenvalue weighted by Crippen LogP contribution is 2.29. The molecular weight excluding hydrogens is 312 g/mol. The zero-order valence-electron chi connectivity index (χ0n) is 13.0. The van der Waals surface area contributed by atoms with Gasteiger partial charge in [-0.1, -0.05) is 35.9 Å². The maximum Gasteiger partial charge on any atom is 0.266 e. The molecular formula is C18H19ClN2O2. The highest BCUT2D eigenvalue weighted by molar-refractivity contribution is 6.30. The first-order valence-electron chi connectivity index (χ1n) is 7.79. The second-order valence-electron chi connectivity index (χ2n) is 6.01. The van der Waals surface area contributed by atoms with Gasteiger partial charge in [-0.05, 0) is 37.0 Å². The van der Waals surface area contributed by atoms with Crippen LogP contribution < -0.4 is 5.56 Å². The van der Waals surface area contributed by atoms with Crippen LogP contribution in [0.3, 0.4) is 0 Å². The third kappa shape index (κ3) is 3.32. The van der Waals surface area contributed by atoms with Gasteiger partial charge in [-0.25, -0.2) is 0 Å². The number of rotatable bonds is 2. The SMILES string of the molecule is Cc1ccccc1C1CCCN(C(=O)c2c[nH]c(=O)c(Cl)c2)C1. The lowest BCUT2D eigenvalue weighted by Gasteiger charge is -2.33. The van der Waals surface area contributed by atoms with Crippen LogP contribution >= 0.6 is 11.6 Å². The zero-order chi connectivity index (χ0) is 16.4. The van der Waals surface area contributed by atoms with E-state index in [1.165, 1.54) is 23.4 Å². The minimum absolute atomic E-state index is 0.0447. The predicted octanol–water partition coefficient (Wildman–Crippen LogP) is 3.36. The lowest BCUT2D eigenvalue weighted by atomic mass is 9.88. The average Bonchev–Trinajstić information content (AvgIpc) is 2.57. The van der Waals surface area contributed by atoms with Crippen LogP contribution in [0.15, 0.2) is 41.3 Å². The summed E-state index contributed by atoms with van der Waals surface area (Å²) in [6, 6.07) is 9.78. The number of hydrogen-bond donors (Lipinski definition) is 1. The largest absolute Gasteiger partial charge is 0.338 e. The van der Waals surface area contributed by atoms with E-state index in [2.05, 4.69) is 24.0 Å². The molecule has 1 saturated heterocycles. The van der Waals surface area contributed by atoms with E-state index in [9.17, 15) is 9.59 Å². The Bertz CT molecular complexity index is 785. The third-order valence-corrected chi connectivity index (χ3v) is 4.72. The topological polar surface area (TPSA) is 53.2 Å². The number of carbonyl (C=O) groups is 1. The lowest BCUT2D eigenvalue weighted by molar-refractivity contribution is 0.0706. The molecule has 1 amide bonds. The molecule has 0 spiro atoms. The van der Waals surface area contributed by atoms with Gasteiger partial charge in [-0.2, -0.15) is 0 Å². The molecule has 1 aromatic carbocycles. The maximum atomic E-state index is 12.7. The van der Waals surface area contributed by atoms with Gasteiger partial charge in [0.25, 0.3) is 11.5 Å². The molecule has 0 saturated carbocycles. The second-order valence-corrected chi connectivity index (χ2v) is 6.42. The number of aromatic amines is 1. The van der Waals surface area contributed by atoms with Crippen molar-refractivity contribution in [2.24, 2.45) is 0 Å². The van der Waals surface area contributed by atoms with Crippen molar-refractivity contribution in [2.45, 2.75) is 25.7 Å². The Kier molecular flexibility index (Phi) is 4.53. The van der Waals surface area contributed by atoms with Gasteiger partial charge >= 0.3 is 0 Å². The van der Waals surface area contributed by atoms with Crippen molar-refractivity contribution < 1.29 is 4.79 Å². The Hall–Kier alpha value is -2.07. The number of nitrogens with one attached hydrogen (secondary N) is 1. The van der Waals surface area contributed by atoms with Crippen LogP contribution in [0.5, 0.6) is 0 Å². The first-order valence-corrected chi connectivity index (χ1v) is 8.17. The summed E-state index contributed by atoms with van der Waals surface area (Å²) >= 11 is 5.83. The number of amides is 1. The zero-order valence-corrected chi connectivity index (χ0v) is 13.8. The monoisotopic (exact) mass is 330 g/mol. The highest BCUT2D eigenvalue weighted by Gasteiger charge is 2.26. The van der Waals surface area contributed by atoms with Crippen molar-refractivity contribution in [3.63, 3.8) is 0 Å². The van der Waals surface area contributed by atoms with Crippen LogP contribution in [0, 0.1) is 6.92 Å². The van der Waals surface area contributed by atoms with E-state index in [1.54, 1.807) is 0 Å². The van der Waals surface area contributed by atoms with Crippen molar-refractivity contribution in [2.75, 3.05) is 13.1 Å². The number of benzene rings is 1. The standard InChI is InChI=1S/C18H19ClN2O2/c1-12-5-2-3-7-15(12)13-6-4-8-21(11-13)18(23)14-9-16(19)17(22)20-10-14/h2-3,5,7,9-10,13H,4,6,8,11H2,1H3,(H,20,22). The van der Waals surface area contributed by atoms with E-state index < -0.39 is 0 Å². The minimum Gasteiger partial charge on any atom is -0.338 e. The number of nitrogens with zero attached hydrogens (tertiary/aromatic N) is 1. The summed E-state index contributed by atoms with van der Waals surface area (Å²) in [5.41, 5.74) is 2.63. The Morgan fingerprint density at radius 3 is 2.87 bits per heavy atom. The molecule has 1 fully saturated rings. The summed E-state index contributed by atoms with van der Waals surface area (Å²) < 4.78 is 0. The number of aromatic nitrogens is 1. The van der Waals surface area contributed by atoms with E-state index >= 15 is 0 Å². The molecule has 1 atom stereocenters. The fourth-order valence-electron chi connectivity index (χ4n) is 3.22. The number of halogens is 1. The lowest BCUT2D eigenvalue weighted by Crippen LogP contribution is -2.39. The third-order valence-electron chi connectivity index (χ3n) is 4.44. The molecule has 5 heteroatoms. The van der Waals surface area contributed by atoms with Crippen LogP contribution in [0.4, 0.5) is 0 Å². The fraction of sp³-hybridized carbons (Fsp3) is 0.333. The molecule has 23 heavy (non-hydrogen) atoms. The van der Waals surface area contributed by atoms with Crippen molar-refractivity contribution in [1.82, 2.24) is 9.88 Å². The molecule has 1 aliphatic rings. The molecule has 1 aliphatic heterocycles. The second kappa shape index (κ2) is 6.59. The molecule has 1 unspecified atom stereocenters. The highest BCUT2D eigenvalue weighted by atomic mass is 35.5. The van der Waals surface area contributed by atoms with Crippen molar-refractivity contribution in [3.05, 3.63) is 68.6 Å². The summed E-state index contributed by atoms with van der Waals surface area (Å²) in [6.07, 6.45) is 3.50. The molecule has 120 valence electrons. The Morgan fingerprint density at radius 2 is 2.13 bits per heavy atom. The minimum atomic E-state index is -0.375. The molecule has 0 radical (unpaired) electrons. The molecule has 4 nitrogen and oxygen atoms in total. The number of H-pyrrole nitrogens is 1. The van der Waals surface area contributed by atoms with Crippen molar-refractivity contribution >= 4 is 17.5 Å². The molecule has 0 aliphatic carbocycles. The quantitative estimate of drug-likeness (QED) is 0.918. The van der Waals surface area contributed by atoms with E-state index in [-0.39, 0.29) is 16.5 Å². The van der Waals surface area contributed by atoms with Crippen LogP contribution in [0.1, 0.15) is 40.2 Å². The molecule has 0 bridgehead atoms. The Balaban J connectivity index is 1.80. The van der Waals surface area contributed by atoms with E-state index in [4.69, 9.17) is 11.6 Å². The smallest absolute Gasteiger partial charge is 0.266 e. The van der Waals surface area contributed by atoms with Crippen LogP contribution in [-0.4, -0.2) is 28.9 Å². The Labute approximate surface area is 140 Å². The number of carbonyl (C=O) groups excluding carboxylic acids is 1. The van der Waals surface area contributed by atoms with Gasteiger partial charge in [0.05, 0.1) is 5.56 Å². The number of likely N-dealkylation sites (tertiary alicyclic amines) is 1. The summed E-state index contributed by atoms with van der Waals surface area (Å²) in [4.78, 5) is 28.4. The molecule has 3 rings (SSSR count). The molecule has 2 aromatic rings. The van der Waals surface area contributed by atoms with Gasteiger partial charge in [0.2, 0.25) is 0 Å². The number of pyridine rings is 1. The predicted molar refractivity (Wildman–Crippen MR) is 91.1 cm³/mol. The first kappa shape index (κ1) is 15.8. The molecule has 1 aromatic heterocycles.